The number of carbonyl (C=O) groups is 1. The molecule has 0 radical (unpaired) electrons. The average molecular weight is 379 g/mol. The molecule has 1 aromatic rings. The number of nitrogens with zero attached hydrogens (tertiary/aromatic N) is 2. The maximum atomic E-state index is 11.7. The number of anilines is 1. The zero-order valence-electron chi connectivity index (χ0n) is 15.7. The fourth-order valence-corrected chi connectivity index (χ4v) is 3.91. The molecule has 1 amide bonds. The van der Waals surface area contributed by atoms with Crippen LogP contribution < -0.4 is 10.2 Å². The summed E-state index contributed by atoms with van der Waals surface area (Å²) < 4.78 is 10.6. The Morgan fingerprint density at radius 3 is 2.56 bits per heavy atom. The van der Waals surface area contributed by atoms with E-state index in [0.29, 0.717) is 0 Å². The van der Waals surface area contributed by atoms with Gasteiger partial charge in [0.2, 0.25) is 5.91 Å². The smallest absolute Gasteiger partial charge is 0.246 e. The van der Waals surface area contributed by atoms with Gasteiger partial charge in [0.05, 0.1) is 18.8 Å². The molecule has 2 saturated heterocycles. The van der Waals surface area contributed by atoms with E-state index in [2.05, 4.69) is 27.2 Å². The van der Waals surface area contributed by atoms with Gasteiger partial charge in [-0.3, -0.25) is 9.69 Å². The summed E-state index contributed by atoms with van der Waals surface area (Å²) in [7, 11) is 1.46. The Labute approximate surface area is 159 Å². The van der Waals surface area contributed by atoms with E-state index in [9.17, 15) is 15.0 Å². The molecular formula is C19H29N3O5. The van der Waals surface area contributed by atoms with E-state index < -0.39 is 12.2 Å². The highest BCUT2D eigenvalue weighted by Gasteiger charge is 2.46. The Morgan fingerprint density at radius 2 is 1.93 bits per heavy atom. The fraction of sp³-hybridized carbons (Fsp3) is 0.632. The van der Waals surface area contributed by atoms with Crippen molar-refractivity contribution in [1.29, 1.82) is 0 Å². The summed E-state index contributed by atoms with van der Waals surface area (Å²) in [5.74, 6) is -0.226. The van der Waals surface area contributed by atoms with Gasteiger partial charge in [-0.15, -0.1) is 0 Å². The van der Waals surface area contributed by atoms with E-state index in [4.69, 9.17) is 9.47 Å². The minimum atomic E-state index is -0.789. The number of carbonyl (C=O) groups excluding carboxylic acids is 1. The lowest BCUT2D eigenvalue weighted by molar-refractivity contribution is -0.125. The lowest BCUT2D eigenvalue weighted by atomic mass is 10.0. The normalized spacial score (nSPS) is 29.1. The minimum absolute atomic E-state index is 0.0148. The first kappa shape index (κ1) is 20.0. The van der Waals surface area contributed by atoms with E-state index in [1.165, 1.54) is 12.8 Å². The Balaban J connectivity index is 1.61. The molecule has 0 bridgehead atoms. The molecule has 2 aliphatic heterocycles. The van der Waals surface area contributed by atoms with Gasteiger partial charge in [0, 0.05) is 45.5 Å². The molecule has 3 rings (SSSR count). The molecule has 0 saturated carbocycles. The first-order valence-corrected chi connectivity index (χ1v) is 9.38. The average Bonchev–Trinajstić information content (AvgIpc) is 3.03. The number of aliphatic hydroxyl groups is 2. The van der Waals surface area contributed by atoms with Crippen LogP contribution in [0.5, 0.6) is 0 Å². The van der Waals surface area contributed by atoms with Gasteiger partial charge in [-0.1, -0.05) is 18.2 Å². The molecule has 4 atom stereocenters. The summed E-state index contributed by atoms with van der Waals surface area (Å²) in [4.78, 5) is 16.2. The second-order valence-electron chi connectivity index (χ2n) is 6.97. The fourth-order valence-electron chi connectivity index (χ4n) is 3.91. The van der Waals surface area contributed by atoms with Gasteiger partial charge in [-0.05, 0) is 12.1 Å². The highest BCUT2D eigenvalue weighted by Crippen LogP contribution is 2.27. The van der Waals surface area contributed by atoms with Gasteiger partial charge < -0.3 is 29.9 Å². The van der Waals surface area contributed by atoms with E-state index in [0.717, 1.165) is 26.2 Å². The van der Waals surface area contributed by atoms with Crippen molar-refractivity contribution in [1.82, 2.24) is 10.2 Å². The third-order valence-electron chi connectivity index (χ3n) is 5.27. The number of aliphatic hydroxyl groups excluding tert-OH is 2. The second kappa shape index (κ2) is 9.48. The zero-order chi connectivity index (χ0) is 19.2. The molecule has 27 heavy (non-hydrogen) atoms. The van der Waals surface area contributed by atoms with Crippen LogP contribution in [-0.4, -0.2) is 98.4 Å². The number of benzene rings is 1. The van der Waals surface area contributed by atoms with Crippen LogP contribution in [-0.2, 0) is 14.3 Å². The summed E-state index contributed by atoms with van der Waals surface area (Å²) in [6, 6.07) is 9.99. The molecule has 0 unspecified atom stereocenters. The number of para-hydroxylation sites is 1. The van der Waals surface area contributed by atoms with Crippen molar-refractivity contribution in [3.8, 4) is 0 Å². The number of hydrogen-bond acceptors (Lipinski definition) is 7. The number of amides is 1. The molecule has 2 heterocycles. The minimum Gasteiger partial charge on any atom is -0.394 e. The monoisotopic (exact) mass is 379 g/mol. The van der Waals surface area contributed by atoms with E-state index >= 15 is 0 Å². The van der Waals surface area contributed by atoms with Crippen LogP contribution in [0.4, 0.5) is 5.69 Å². The summed E-state index contributed by atoms with van der Waals surface area (Å²) in [6.07, 6.45) is -1.80. The first-order chi connectivity index (χ1) is 13.1. The van der Waals surface area contributed by atoms with Gasteiger partial charge in [-0.25, -0.2) is 0 Å². The lowest BCUT2D eigenvalue weighted by Gasteiger charge is -2.41. The molecular weight excluding hydrogens is 350 g/mol. The van der Waals surface area contributed by atoms with Gasteiger partial charge in [0.25, 0.3) is 0 Å². The van der Waals surface area contributed by atoms with Crippen LogP contribution in [0.15, 0.2) is 30.3 Å². The molecule has 8 nitrogen and oxygen atoms in total. The van der Waals surface area contributed by atoms with Crippen molar-refractivity contribution in [3.63, 3.8) is 0 Å². The Hall–Kier alpha value is -1.71. The Bertz CT molecular complexity index is 594. The van der Waals surface area contributed by atoms with Crippen LogP contribution in [0.2, 0.25) is 0 Å². The third-order valence-corrected chi connectivity index (χ3v) is 5.27. The van der Waals surface area contributed by atoms with E-state index in [1.807, 2.05) is 18.2 Å². The summed E-state index contributed by atoms with van der Waals surface area (Å²) in [5.41, 5.74) is 1.19. The van der Waals surface area contributed by atoms with Crippen molar-refractivity contribution < 1.29 is 24.5 Å². The van der Waals surface area contributed by atoms with Crippen molar-refractivity contribution >= 4 is 11.6 Å². The molecule has 3 N–H and O–H groups in total. The van der Waals surface area contributed by atoms with Gasteiger partial charge in [0.15, 0.2) is 0 Å². The van der Waals surface area contributed by atoms with Crippen LogP contribution in [0.1, 0.15) is 0 Å². The molecule has 2 fully saturated rings. The molecule has 150 valence electrons. The summed E-state index contributed by atoms with van der Waals surface area (Å²) in [5, 5.41) is 22.9. The summed E-state index contributed by atoms with van der Waals surface area (Å²) in [6.45, 7) is 3.27. The summed E-state index contributed by atoms with van der Waals surface area (Å²) >= 11 is 0. The van der Waals surface area contributed by atoms with Crippen molar-refractivity contribution in [2.45, 2.75) is 24.4 Å². The Kier molecular flexibility index (Phi) is 7.03. The largest absolute Gasteiger partial charge is 0.394 e. The SMILES string of the molecule is COCC(=O)NC[C@@H]1O[C@@H](CO)[C@@H](O)[C@H]1N1CCN(c2ccccc2)CC1. The van der Waals surface area contributed by atoms with Gasteiger partial charge in [0.1, 0.15) is 18.8 Å². The third kappa shape index (κ3) is 4.77. The maximum Gasteiger partial charge on any atom is 0.246 e. The predicted molar refractivity (Wildman–Crippen MR) is 101 cm³/mol. The number of ether oxygens (including phenoxy) is 2. The molecule has 0 spiro atoms. The first-order valence-electron chi connectivity index (χ1n) is 9.38. The van der Waals surface area contributed by atoms with Crippen molar-refractivity contribution in [2.24, 2.45) is 0 Å². The molecule has 0 aliphatic carbocycles. The lowest BCUT2D eigenvalue weighted by Crippen LogP contribution is -2.57. The number of piperazine rings is 1. The number of nitrogens with one attached hydrogen (secondary N) is 1. The van der Waals surface area contributed by atoms with Crippen LogP contribution in [0.25, 0.3) is 0 Å². The maximum absolute atomic E-state index is 11.7. The molecule has 8 heteroatoms. The predicted octanol–water partition coefficient (Wildman–Crippen LogP) is -0.940. The van der Waals surface area contributed by atoms with Gasteiger partial charge in [-0.2, -0.15) is 0 Å². The van der Waals surface area contributed by atoms with Crippen molar-refractivity contribution in [2.75, 3.05) is 57.9 Å². The van der Waals surface area contributed by atoms with Crippen molar-refractivity contribution in [3.05, 3.63) is 30.3 Å². The number of methoxy groups -OCH3 is 1. The zero-order valence-corrected chi connectivity index (χ0v) is 15.7. The van der Waals surface area contributed by atoms with Gasteiger partial charge >= 0.3 is 0 Å². The molecule has 1 aromatic carbocycles. The number of hydrogen-bond donors (Lipinski definition) is 3. The van der Waals surface area contributed by atoms with E-state index in [1.54, 1.807) is 0 Å². The highest BCUT2D eigenvalue weighted by molar-refractivity contribution is 5.77. The molecule has 0 aromatic heterocycles. The standard InChI is InChI=1S/C19H29N3O5/c1-26-13-17(24)20-11-15-18(19(25)16(12-23)27-15)22-9-7-21(8-10-22)14-5-3-2-4-6-14/h2-6,15-16,18-19,23,25H,7-13H2,1H3,(H,20,24)/t15-,16-,18-,19+/m0/s1. The quantitative estimate of drug-likeness (QED) is 0.563. The molecule has 2 aliphatic rings. The second-order valence-corrected chi connectivity index (χ2v) is 6.97. The highest BCUT2D eigenvalue weighted by atomic mass is 16.5. The topological polar surface area (TPSA) is 94.5 Å². The van der Waals surface area contributed by atoms with E-state index in [-0.39, 0.29) is 37.8 Å². The van der Waals surface area contributed by atoms with Crippen LogP contribution in [0.3, 0.4) is 0 Å². The van der Waals surface area contributed by atoms with Crippen LogP contribution >= 0.6 is 0 Å². The van der Waals surface area contributed by atoms with Crippen LogP contribution in [0, 0.1) is 0 Å². The Morgan fingerprint density at radius 1 is 1.22 bits per heavy atom. The number of rotatable bonds is 7.